The Morgan fingerprint density at radius 3 is 3.13 bits per heavy atom. The Bertz CT molecular complexity index is 372. The van der Waals surface area contributed by atoms with Gasteiger partial charge in [0.05, 0.1) is 6.61 Å². The molecular weight excluding hydrogens is 206 g/mol. The summed E-state index contributed by atoms with van der Waals surface area (Å²) < 4.78 is 5.83. The van der Waals surface area contributed by atoms with Crippen LogP contribution >= 0.6 is 11.3 Å². The minimum atomic E-state index is 0.314. The molecule has 0 fully saturated rings. The van der Waals surface area contributed by atoms with Crippen molar-refractivity contribution < 1.29 is 4.74 Å². The van der Waals surface area contributed by atoms with Crippen LogP contribution in [0.3, 0.4) is 0 Å². The molecule has 2 aliphatic rings. The van der Waals surface area contributed by atoms with Gasteiger partial charge in [0, 0.05) is 16.3 Å². The van der Waals surface area contributed by atoms with Crippen molar-refractivity contribution in [3.8, 4) is 0 Å². The fraction of sp³-hybridized carbons (Fsp3) is 0.667. The summed E-state index contributed by atoms with van der Waals surface area (Å²) in [5, 5.41) is 3.22. The molecule has 0 saturated carbocycles. The van der Waals surface area contributed by atoms with Crippen LogP contribution in [0.15, 0.2) is 0 Å². The van der Waals surface area contributed by atoms with E-state index < -0.39 is 0 Å². The van der Waals surface area contributed by atoms with E-state index >= 15 is 0 Å². The first-order valence-electron chi connectivity index (χ1n) is 5.79. The first-order chi connectivity index (χ1) is 7.40. The van der Waals surface area contributed by atoms with E-state index in [1.807, 2.05) is 18.4 Å². The number of aryl methyl sites for hydroxylation is 1. The zero-order chi connectivity index (χ0) is 10.3. The molecule has 0 radical (unpaired) electrons. The lowest BCUT2D eigenvalue weighted by Crippen LogP contribution is -2.24. The van der Waals surface area contributed by atoms with Gasteiger partial charge in [0.25, 0.3) is 0 Å². The molecule has 82 valence electrons. The van der Waals surface area contributed by atoms with E-state index in [1.54, 1.807) is 16.0 Å². The molecule has 1 unspecified atom stereocenters. The van der Waals surface area contributed by atoms with Crippen LogP contribution in [0.2, 0.25) is 0 Å². The van der Waals surface area contributed by atoms with E-state index in [2.05, 4.69) is 5.32 Å². The molecule has 1 aliphatic carbocycles. The van der Waals surface area contributed by atoms with E-state index in [0.29, 0.717) is 6.10 Å². The van der Waals surface area contributed by atoms with Gasteiger partial charge in [-0.05, 0) is 43.9 Å². The Hall–Kier alpha value is -0.380. The summed E-state index contributed by atoms with van der Waals surface area (Å²) in [6, 6.07) is 0. The van der Waals surface area contributed by atoms with Crippen molar-refractivity contribution in [3.63, 3.8) is 0 Å². The van der Waals surface area contributed by atoms with Crippen LogP contribution in [-0.2, 0) is 24.0 Å². The van der Waals surface area contributed by atoms with Crippen molar-refractivity contribution >= 4 is 11.3 Å². The second kappa shape index (κ2) is 3.89. The van der Waals surface area contributed by atoms with Crippen molar-refractivity contribution in [3.05, 3.63) is 20.9 Å². The number of rotatable bonds is 2. The zero-order valence-corrected chi connectivity index (χ0v) is 9.95. The lowest BCUT2D eigenvalue weighted by molar-refractivity contribution is 0.0467. The van der Waals surface area contributed by atoms with Gasteiger partial charge in [0.1, 0.15) is 6.10 Å². The maximum atomic E-state index is 5.83. The largest absolute Gasteiger partial charge is 0.371 e. The van der Waals surface area contributed by atoms with Gasteiger partial charge in [-0.2, -0.15) is 0 Å². The molecule has 0 spiro atoms. The molecule has 2 nitrogen and oxygen atoms in total. The third-order valence-corrected chi connectivity index (χ3v) is 4.84. The minimum absolute atomic E-state index is 0.314. The predicted octanol–water partition coefficient (Wildman–Crippen LogP) is 2.07. The molecule has 1 aliphatic heterocycles. The summed E-state index contributed by atoms with van der Waals surface area (Å²) in [4.78, 5) is 3.16. The summed E-state index contributed by atoms with van der Waals surface area (Å²) in [5.74, 6) is 0. The standard InChI is InChI=1S/C12H17NOS/c1-13-7-10-12-9(5-6-14-10)8-3-2-4-11(8)15-12/h10,13H,2-7H2,1H3. The van der Waals surface area contributed by atoms with Crippen LogP contribution in [0.5, 0.6) is 0 Å². The average molecular weight is 223 g/mol. The first-order valence-corrected chi connectivity index (χ1v) is 6.61. The summed E-state index contributed by atoms with van der Waals surface area (Å²) in [7, 11) is 2.00. The van der Waals surface area contributed by atoms with Gasteiger partial charge in [-0.25, -0.2) is 0 Å². The first kappa shape index (κ1) is 9.82. The Morgan fingerprint density at radius 1 is 1.33 bits per heavy atom. The molecule has 2 heterocycles. The van der Waals surface area contributed by atoms with Gasteiger partial charge in [-0.1, -0.05) is 0 Å². The molecule has 1 atom stereocenters. The van der Waals surface area contributed by atoms with Gasteiger partial charge < -0.3 is 10.1 Å². The van der Waals surface area contributed by atoms with Gasteiger partial charge in [0.15, 0.2) is 0 Å². The van der Waals surface area contributed by atoms with Crippen molar-refractivity contribution in [1.82, 2.24) is 5.32 Å². The number of fused-ring (bicyclic) bond motifs is 3. The van der Waals surface area contributed by atoms with Crippen LogP contribution in [0.1, 0.15) is 33.4 Å². The quantitative estimate of drug-likeness (QED) is 0.828. The highest BCUT2D eigenvalue weighted by atomic mass is 32.1. The van der Waals surface area contributed by atoms with Gasteiger partial charge >= 0.3 is 0 Å². The Kier molecular flexibility index (Phi) is 2.54. The SMILES string of the molecule is CNCC1OCCc2c1sc1c2CCC1. The molecule has 15 heavy (non-hydrogen) atoms. The van der Waals surface area contributed by atoms with E-state index in [9.17, 15) is 0 Å². The molecule has 0 aromatic carbocycles. The molecule has 0 amide bonds. The molecule has 1 aromatic heterocycles. The highest BCUT2D eigenvalue weighted by Crippen LogP contribution is 2.41. The van der Waals surface area contributed by atoms with E-state index in [1.165, 1.54) is 24.1 Å². The minimum Gasteiger partial charge on any atom is -0.371 e. The van der Waals surface area contributed by atoms with Gasteiger partial charge in [0.2, 0.25) is 0 Å². The monoisotopic (exact) mass is 223 g/mol. The second-order valence-electron chi connectivity index (χ2n) is 4.37. The van der Waals surface area contributed by atoms with E-state index in [0.717, 1.165) is 19.6 Å². The Morgan fingerprint density at radius 2 is 2.27 bits per heavy atom. The smallest absolute Gasteiger partial charge is 0.104 e. The number of hydrogen-bond donors (Lipinski definition) is 1. The number of thiophene rings is 1. The summed E-state index contributed by atoms with van der Waals surface area (Å²) in [6.07, 6.45) is 5.44. The highest BCUT2D eigenvalue weighted by Gasteiger charge is 2.29. The topological polar surface area (TPSA) is 21.3 Å². The fourth-order valence-corrected chi connectivity index (χ4v) is 4.23. The van der Waals surface area contributed by atoms with Crippen molar-refractivity contribution in [2.24, 2.45) is 0 Å². The van der Waals surface area contributed by atoms with Crippen molar-refractivity contribution in [1.29, 1.82) is 0 Å². The number of likely N-dealkylation sites (N-methyl/N-ethyl adjacent to an activating group) is 1. The highest BCUT2D eigenvalue weighted by molar-refractivity contribution is 7.12. The predicted molar refractivity (Wildman–Crippen MR) is 62.7 cm³/mol. The Labute approximate surface area is 94.6 Å². The van der Waals surface area contributed by atoms with Crippen LogP contribution < -0.4 is 5.32 Å². The lowest BCUT2D eigenvalue weighted by Gasteiger charge is -2.23. The molecule has 1 aromatic rings. The summed E-state index contributed by atoms with van der Waals surface area (Å²) in [5.41, 5.74) is 3.32. The average Bonchev–Trinajstić information content (AvgIpc) is 2.79. The molecule has 0 bridgehead atoms. The van der Waals surface area contributed by atoms with Gasteiger partial charge in [-0.15, -0.1) is 11.3 Å². The molecule has 1 N–H and O–H groups in total. The fourth-order valence-electron chi connectivity index (χ4n) is 2.74. The number of nitrogens with one attached hydrogen (secondary N) is 1. The number of ether oxygens (including phenoxy) is 1. The van der Waals surface area contributed by atoms with Crippen molar-refractivity contribution in [2.45, 2.75) is 31.8 Å². The van der Waals surface area contributed by atoms with Crippen LogP contribution in [0.25, 0.3) is 0 Å². The molecule has 0 saturated heterocycles. The van der Waals surface area contributed by atoms with Crippen LogP contribution in [-0.4, -0.2) is 20.2 Å². The van der Waals surface area contributed by atoms with Crippen LogP contribution in [0, 0.1) is 0 Å². The third-order valence-electron chi connectivity index (χ3n) is 3.42. The maximum Gasteiger partial charge on any atom is 0.104 e. The second-order valence-corrected chi connectivity index (χ2v) is 5.50. The number of hydrogen-bond acceptors (Lipinski definition) is 3. The Balaban J connectivity index is 1.98. The molecule has 3 rings (SSSR count). The summed E-state index contributed by atoms with van der Waals surface area (Å²) in [6.45, 7) is 1.86. The molecular formula is C12H17NOS. The van der Waals surface area contributed by atoms with Crippen LogP contribution in [0.4, 0.5) is 0 Å². The normalized spacial score (nSPS) is 23.9. The third kappa shape index (κ3) is 1.53. The summed E-state index contributed by atoms with van der Waals surface area (Å²) >= 11 is 2.01. The molecule has 3 heteroatoms. The van der Waals surface area contributed by atoms with Crippen molar-refractivity contribution in [2.75, 3.05) is 20.2 Å². The maximum absolute atomic E-state index is 5.83. The van der Waals surface area contributed by atoms with Gasteiger partial charge in [-0.3, -0.25) is 0 Å². The zero-order valence-electron chi connectivity index (χ0n) is 9.14. The van der Waals surface area contributed by atoms with E-state index in [-0.39, 0.29) is 0 Å². The lowest BCUT2D eigenvalue weighted by atomic mass is 10.0. The van der Waals surface area contributed by atoms with E-state index in [4.69, 9.17) is 4.74 Å².